The molecule has 0 spiro atoms. The average molecular weight is 466 g/mol. The SMILES string of the molecule is C[C@]12C[C@H](O)[C@@H]3C[C@@]1(O[C@@H]1O[C@H](CO)[C@@H](O)[C@H](O)[C@H]1O)[C@]3(COC(=O)c1ccccc1)CO2. The third kappa shape index (κ3) is 3.13. The van der Waals surface area contributed by atoms with Gasteiger partial charge in [0.15, 0.2) is 6.29 Å². The number of hydrogen-bond donors (Lipinski definition) is 5. The second-order valence-electron chi connectivity index (χ2n) is 9.84. The van der Waals surface area contributed by atoms with E-state index in [1.54, 1.807) is 37.3 Å². The third-order valence-electron chi connectivity index (χ3n) is 8.22. The van der Waals surface area contributed by atoms with Gasteiger partial charge < -0.3 is 44.5 Å². The standard InChI is InChI=1S/C23H30O10/c1-21-8-14(25)13-7-23(21,33-20-18(28)17(27)16(26)15(9-24)32-20)22(13,11-31-21)10-30-19(29)12-5-3-2-4-6-12/h2-6,13-18,20,24-28H,7-11H2,1H3/t13-,14-,15+,16+,17-,18+,20-,21-,22+,23-/m0/s1. The van der Waals surface area contributed by atoms with E-state index in [2.05, 4.69) is 0 Å². The Morgan fingerprint density at radius 1 is 1.09 bits per heavy atom. The molecule has 0 unspecified atom stereocenters. The molecule has 10 heteroatoms. The second-order valence-corrected chi connectivity index (χ2v) is 9.84. The minimum atomic E-state index is -1.58. The number of aliphatic hydroxyl groups is 5. The van der Waals surface area contributed by atoms with Crippen molar-refractivity contribution in [2.45, 2.75) is 67.8 Å². The zero-order valence-corrected chi connectivity index (χ0v) is 18.2. The van der Waals surface area contributed by atoms with Crippen LogP contribution >= 0.6 is 0 Å². The molecule has 10 nitrogen and oxygen atoms in total. The summed E-state index contributed by atoms with van der Waals surface area (Å²) in [6.45, 7) is 1.32. The molecule has 4 bridgehead atoms. The predicted octanol–water partition coefficient (Wildman–Crippen LogP) is -1.04. The van der Waals surface area contributed by atoms with E-state index in [0.29, 0.717) is 12.0 Å². The molecule has 33 heavy (non-hydrogen) atoms. The summed E-state index contributed by atoms with van der Waals surface area (Å²) in [6, 6.07) is 8.55. The molecule has 3 aliphatic carbocycles. The largest absolute Gasteiger partial charge is 0.461 e. The number of esters is 1. The quantitative estimate of drug-likeness (QED) is 0.328. The first kappa shape index (κ1) is 23.1. The van der Waals surface area contributed by atoms with Crippen molar-refractivity contribution in [3.8, 4) is 0 Å². The molecule has 1 aromatic carbocycles. The van der Waals surface area contributed by atoms with E-state index in [0.717, 1.165) is 0 Å². The summed E-state index contributed by atoms with van der Waals surface area (Å²) in [5.41, 5.74) is -2.53. The molecule has 0 radical (unpaired) electrons. The van der Waals surface area contributed by atoms with Crippen LogP contribution in [0.15, 0.2) is 30.3 Å². The van der Waals surface area contributed by atoms with Crippen molar-refractivity contribution in [1.82, 2.24) is 0 Å². The Balaban J connectivity index is 1.42. The zero-order valence-electron chi connectivity index (χ0n) is 18.2. The summed E-state index contributed by atoms with van der Waals surface area (Å²) >= 11 is 0. The predicted molar refractivity (Wildman–Crippen MR) is 110 cm³/mol. The van der Waals surface area contributed by atoms with Gasteiger partial charge in [-0.05, 0) is 25.5 Å². The van der Waals surface area contributed by atoms with Gasteiger partial charge in [-0.15, -0.1) is 0 Å². The normalized spacial score (nSPS) is 48.2. The van der Waals surface area contributed by atoms with E-state index < -0.39 is 66.0 Å². The number of rotatable bonds is 6. The number of aliphatic hydroxyl groups excluding tert-OH is 5. The molecule has 0 aromatic heterocycles. The van der Waals surface area contributed by atoms with Gasteiger partial charge in [-0.1, -0.05) is 18.2 Å². The molecule has 5 fully saturated rings. The first-order chi connectivity index (χ1) is 15.7. The van der Waals surface area contributed by atoms with Crippen molar-refractivity contribution >= 4 is 5.97 Å². The number of ether oxygens (including phenoxy) is 4. The molecule has 5 aliphatic rings. The Morgan fingerprint density at radius 3 is 2.52 bits per heavy atom. The summed E-state index contributed by atoms with van der Waals surface area (Å²) in [5, 5.41) is 51.1. The van der Waals surface area contributed by atoms with Gasteiger partial charge in [-0.2, -0.15) is 0 Å². The van der Waals surface area contributed by atoms with E-state index in [1.807, 2.05) is 0 Å². The van der Waals surface area contributed by atoms with E-state index >= 15 is 0 Å². The number of fused-ring (bicyclic) bond motifs is 1. The number of benzene rings is 1. The van der Waals surface area contributed by atoms with Crippen LogP contribution in [0.2, 0.25) is 0 Å². The monoisotopic (exact) mass is 466 g/mol. The van der Waals surface area contributed by atoms with E-state index in [-0.39, 0.29) is 25.6 Å². The van der Waals surface area contributed by atoms with Crippen LogP contribution in [0.4, 0.5) is 0 Å². The van der Waals surface area contributed by atoms with Gasteiger partial charge in [-0.25, -0.2) is 4.79 Å². The van der Waals surface area contributed by atoms with Gasteiger partial charge in [0, 0.05) is 12.3 Å². The van der Waals surface area contributed by atoms with E-state index in [9.17, 15) is 30.3 Å². The topological polar surface area (TPSA) is 155 Å². The van der Waals surface area contributed by atoms with Gasteiger partial charge in [0.2, 0.25) is 0 Å². The lowest BCUT2D eigenvalue weighted by molar-refractivity contribution is -0.395. The molecule has 182 valence electrons. The first-order valence-corrected chi connectivity index (χ1v) is 11.2. The molecule has 5 N–H and O–H groups in total. The van der Waals surface area contributed by atoms with E-state index in [1.165, 1.54) is 0 Å². The van der Waals surface area contributed by atoms with Gasteiger partial charge in [0.25, 0.3) is 0 Å². The van der Waals surface area contributed by atoms with Gasteiger partial charge in [-0.3, -0.25) is 0 Å². The van der Waals surface area contributed by atoms with Crippen LogP contribution in [0.5, 0.6) is 0 Å². The molecular weight excluding hydrogens is 436 g/mol. The van der Waals surface area contributed by atoms with Crippen LogP contribution in [0, 0.1) is 11.3 Å². The molecular formula is C23H30O10. The van der Waals surface area contributed by atoms with Crippen LogP contribution in [-0.4, -0.2) is 99.3 Å². The van der Waals surface area contributed by atoms with Gasteiger partial charge >= 0.3 is 5.97 Å². The highest BCUT2D eigenvalue weighted by Crippen LogP contribution is 2.73. The number of carbonyl (C=O) groups excluding carboxylic acids is 1. The van der Waals surface area contributed by atoms with Gasteiger partial charge in [0.05, 0.1) is 35.9 Å². The highest BCUT2D eigenvalue weighted by atomic mass is 16.7. The maximum atomic E-state index is 12.6. The second kappa shape index (κ2) is 7.96. The molecule has 3 saturated carbocycles. The van der Waals surface area contributed by atoms with Crippen LogP contribution in [0.25, 0.3) is 0 Å². The Hall–Kier alpha value is -1.63. The summed E-state index contributed by atoms with van der Waals surface area (Å²) in [5.74, 6) is -0.775. The maximum Gasteiger partial charge on any atom is 0.338 e. The highest BCUT2D eigenvalue weighted by Gasteiger charge is 2.83. The molecule has 6 rings (SSSR count). The van der Waals surface area contributed by atoms with Gasteiger partial charge in [0.1, 0.15) is 36.6 Å². The lowest BCUT2D eigenvalue weighted by Gasteiger charge is -2.68. The first-order valence-electron chi connectivity index (χ1n) is 11.2. The van der Waals surface area contributed by atoms with E-state index in [4.69, 9.17) is 18.9 Å². The number of hydrogen-bond acceptors (Lipinski definition) is 10. The molecule has 2 heterocycles. The van der Waals surface area contributed by atoms with Crippen molar-refractivity contribution in [1.29, 1.82) is 0 Å². The van der Waals surface area contributed by atoms with Crippen LogP contribution in [-0.2, 0) is 18.9 Å². The number of carbonyl (C=O) groups is 1. The fourth-order valence-electron chi connectivity index (χ4n) is 6.29. The highest BCUT2D eigenvalue weighted by molar-refractivity contribution is 5.89. The Labute approximate surface area is 190 Å². The third-order valence-corrected chi connectivity index (χ3v) is 8.22. The smallest absolute Gasteiger partial charge is 0.338 e. The maximum absolute atomic E-state index is 12.6. The van der Waals surface area contributed by atoms with Crippen LogP contribution in [0.1, 0.15) is 30.1 Å². The van der Waals surface area contributed by atoms with Crippen molar-refractivity contribution < 1.29 is 49.3 Å². The van der Waals surface area contributed by atoms with Crippen molar-refractivity contribution in [3.05, 3.63) is 35.9 Å². The fraction of sp³-hybridized carbons (Fsp3) is 0.696. The summed E-state index contributed by atoms with van der Waals surface area (Å²) in [4.78, 5) is 12.6. The van der Waals surface area contributed by atoms with Crippen LogP contribution in [0.3, 0.4) is 0 Å². The zero-order chi connectivity index (χ0) is 23.6. The minimum absolute atomic E-state index is 0.0739. The Kier molecular flexibility index (Phi) is 5.58. The molecule has 0 amide bonds. The molecule has 10 atom stereocenters. The Morgan fingerprint density at radius 2 is 1.82 bits per heavy atom. The summed E-state index contributed by atoms with van der Waals surface area (Å²) in [7, 11) is 0. The molecule has 2 saturated heterocycles. The molecule has 2 aliphatic heterocycles. The summed E-state index contributed by atoms with van der Waals surface area (Å²) < 4.78 is 23.7. The molecule has 1 aromatic rings. The van der Waals surface area contributed by atoms with Crippen molar-refractivity contribution in [3.63, 3.8) is 0 Å². The fourth-order valence-corrected chi connectivity index (χ4v) is 6.29. The van der Waals surface area contributed by atoms with Crippen molar-refractivity contribution in [2.24, 2.45) is 11.3 Å². The summed E-state index contributed by atoms with van der Waals surface area (Å²) in [6.07, 6.45) is -7.17. The average Bonchev–Trinajstić information content (AvgIpc) is 2.90. The minimum Gasteiger partial charge on any atom is -0.461 e. The van der Waals surface area contributed by atoms with Crippen molar-refractivity contribution in [2.75, 3.05) is 19.8 Å². The lowest BCUT2D eigenvalue weighted by Crippen LogP contribution is -2.80. The Bertz CT molecular complexity index is 894. The lowest BCUT2D eigenvalue weighted by atomic mass is 9.41. The van der Waals surface area contributed by atoms with Crippen LogP contribution < -0.4 is 0 Å².